The molecule has 5 nitrogen and oxygen atoms in total. The maximum Gasteiger partial charge on any atom is 0.407 e. The summed E-state index contributed by atoms with van der Waals surface area (Å²) in [6, 6.07) is 0.484. The first-order valence-corrected chi connectivity index (χ1v) is 5.62. The molecular formula is C12H11F2NO4. The third-order valence-electron chi connectivity index (χ3n) is 2.55. The Morgan fingerprint density at radius 1 is 1.53 bits per heavy atom. The summed E-state index contributed by atoms with van der Waals surface area (Å²) in [7, 11) is 0. The molecule has 0 unspecified atom stereocenters. The minimum absolute atomic E-state index is 0.146. The number of carbonyl (C=O) groups is 2. The number of ketones is 1. The largest absolute Gasteiger partial charge is 0.487 e. The molecule has 102 valence electrons. The number of halogens is 2. The number of Topliss-reactive ketones (excluding diaryl/α,β-unsaturated/α-hetero) is 1. The van der Waals surface area contributed by atoms with Crippen molar-refractivity contribution in [1.29, 1.82) is 0 Å². The number of hydrogen-bond donors (Lipinski definition) is 1. The van der Waals surface area contributed by atoms with Crippen LogP contribution in [0, 0.1) is 11.6 Å². The third kappa shape index (κ3) is 2.64. The van der Waals surface area contributed by atoms with Gasteiger partial charge in [-0.2, -0.15) is 0 Å². The molecule has 1 aliphatic heterocycles. The van der Waals surface area contributed by atoms with Crippen molar-refractivity contribution in [3.63, 3.8) is 0 Å². The van der Waals surface area contributed by atoms with E-state index in [9.17, 15) is 18.4 Å². The molecule has 1 amide bonds. The standard InChI is InChI=1S/C12H11F2NO4/c1-2-18-12(17)15-9-5-19-11-7(10(9)16)3-6(13)4-8(11)14/h3-4,9H,2,5H2,1H3,(H,15,17)/t9-/m1/s1. The number of alkyl carbamates (subject to hydrolysis) is 1. The quantitative estimate of drug-likeness (QED) is 0.888. The van der Waals surface area contributed by atoms with Crippen LogP contribution in [0.3, 0.4) is 0 Å². The van der Waals surface area contributed by atoms with Crippen molar-refractivity contribution in [2.24, 2.45) is 0 Å². The van der Waals surface area contributed by atoms with Gasteiger partial charge in [0.2, 0.25) is 0 Å². The number of benzene rings is 1. The van der Waals surface area contributed by atoms with E-state index in [0.717, 1.165) is 6.07 Å². The van der Waals surface area contributed by atoms with E-state index in [4.69, 9.17) is 4.74 Å². The molecule has 0 radical (unpaired) electrons. The van der Waals surface area contributed by atoms with Crippen molar-refractivity contribution in [2.45, 2.75) is 13.0 Å². The molecule has 0 saturated heterocycles. The van der Waals surface area contributed by atoms with Gasteiger partial charge in [0.1, 0.15) is 18.5 Å². The Bertz CT molecular complexity index is 533. The van der Waals surface area contributed by atoms with E-state index in [2.05, 4.69) is 10.1 Å². The third-order valence-corrected chi connectivity index (χ3v) is 2.55. The first-order chi connectivity index (χ1) is 9.02. The molecule has 1 aliphatic rings. The number of hydrogen-bond acceptors (Lipinski definition) is 4. The van der Waals surface area contributed by atoms with E-state index in [0.29, 0.717) is 6.07 Å². The molecule has 1 N–H and O–H groups in total. The van der Waals surface area contributed by atoms with Crippen LogP contribution in [0.1, 0.15) is 17.3 Å². The highest BCUT2D eigenvalue weighted by Gasteiger charge is 2.32. The first-order valence-electron chi connectivity index (χ1n) is 5.62. The van der Waals surface area contributed by atoms with Gasteiger partial charge in [-0.15, -0.1) is 0 Å². The Balaban J connectivity index is 2.22. The summed E-state index contributed by atoms with van der Waals surface area (Å²) in [5, 5.41) is 2.27. The van der Waals surface area contributed by atoms with Gasteiger partial charge in [-0.3, -0.25) is 4.79 Å². The van der Waals surface area contributed by atoms with Crippen LogP contribution >= 0.6 is 0 Å². The molecule has 0 saturated carbocycles. The van der Waals surface area contributed by atoms with E-state index < -0.39 is 29.6 Å². The van der Waals surface area contributed by atoms with Crippen molar-refractivity contribution < 1.29 is 27.8 Å². The van der Waals surface area contributed by atoms with Crippen LogP contribution in [-0.2, 0) is 4.74 Å². The molecule has 1 heterocycles. The zero-order valence-corrected chi connectivity index (χ0v) is 10.0. The van der Waals surface area contributed by atoms with Crippen LogP contribution in [0.2, 0.25) is 0 Å². The Hall–Kier alpha value is -2.18. The van der Waals surface area contributed by atoms with Crippen molar-refractivity contribution in [3.05, 3.63) is 29.3 Å². The average Bonchev–Trinajstić information content (AvgIpc) is 2.33. The maximum absolute atomic E-state index is 13.4. The number of carbonyl (C=O) groups excluding carboxylic acids is 2. The number of amides is 1. The van der Waals surface area contributed by atoms with Crippen molar-refractivity contribution in [1.82, 2.24) is 5.32 Å². The van der Waals surface area contributed by atoms with Gasteiger partial charge < -0.3 is 14.8 Å². The van der Waals surface area contributed by atoms with Crippen molar-refractivity contribution in [3.8, 4) is 5.75 Å². The predicted molar refractivity (Wildman–Crippen MR) is 60.1 cm³/mol. The summed E-state index contributed by atoms with van der Waals surface area (Å²) >= 11 is 0. The molecule has 0 aromatic heterocycles. The van der Waals surface area contributed by atoms with E-state index in [1.165, 1.54) is 0 Å². The predicted octanol–water partition coefficient (Wildman–Crippen LogP) is 1.65. The molecule has 2 rings (SSSR count). The molecule has 7 heteroatoms. The Kier molecular flexibility index (Phi) is 3.64. The average molecular weight is 271 g/mol. The lowest BCUT2D eigenvalue weighted by Crippen LogP contribution is -2.47. The second kappa shape index (κ2) is 5.21. The molecular weight excluding hydrogens is 260 g/mol. The van der Waals surface area contributed by atoms with Gasteiger partial charge in [-0.1, -0.05) is 0 Å². The topological polar surface area (TPSA) is 64.6 Å². The summed E-state index contributed by atoms with van der Waals surface area (Å²) in [4.78, 5) is 23.2. The van der Waals surface area contributed by atoms with Gasteiger partial charge in [-0.25, -0.2) is 13.6 Å². The highest BCUT2D eigenvalue weighted by Crippen LogP contribution is 2.29. The van der Waals surface area contributed by atoms with Crippen LogP contribution in [0.4, 0.5) is 13.6 Å². The van der Waals surface area contributed by atoms with Gasteiger partial charge in [0.15, 0.2) is 17.3 Å². The molecule has 1 aromatic rings. The smallest absolute Gasteiger partial charge is 0.407 e. The fraction of sp³-hybridized carbons (Fsp3) is 0.333. The van der Waals surface area contributed by atoms with Crippen molar-refractivity contribution in [2.75, 3.05) is 13.2 Å². The van der Waals surface area contributed by atoms with Crippen LogP contribution < -0.4 is 10.1 Å². The van der Waals surface area contributed by atoms with Crippen LogP contribution in [0.25, 0.3) is 0 Å². The van der Waals surface area contributed by atoms with E-state index in [1.54, 1.807) is 6.92 Å². The summed E-state index contributed by atoms with van der Waals surface area (Å²) < 4.78 is 36.1. The minimum Gasteiger partial charge on any atom is -0.487 e. The maximum atomic E-state index is 13.4. The number of nitrogens with one attached hydrogen (secondary N) is 1. The van der Waals surface area contributed by atoms with Crippen LogP contribution in [0.5, 0.6) is 5.75 Å². The monoisotopic (exact) mass is 271 g/mol. The number of fused-ring (bicyclic) bond motifs is 1. The summed E-state index contributed by atoms with van der Waals surface area (Å²) in [6.07, 6.45) is -0.787. The van der Waals surface area contributed by atoms with Gasteiger partial charge in [0.05, 0.1) is 12.2 Å². The zero-order valence-electron chi connectivity index (χ0n) is 10.0. The zero-order chi connectivity index (χ0) is 14.0. The molecule has 0 bridgehead atoms. The molecule has 0 aliphatic carbocycles. The Morgan fingerprint density at radius 3 is 2.95 bits per heavy atom. The lowest BCUT2D eigenvalue weighted by molar-refractivity contribution is 0.0840. The van der Waals surface area contributed by atoms with Gasteiger partial charge in [-0.05, 0) is 13.0 Å². The number of ether oxygens (including phenoxy) is 2. The van der Waals surface area contributed by atoms with Gasteiger partial charge in [0, 0.05) is 6.07 Å². The molecule has 0 fully saturated rings. The molecule has 1 atom stereocenters. The summed E-state index contributed by atoms with van der Waals surface area (Å²) in [5.74, 6) is -2.75. The van der Waals surface area contributed by atoms with E-state index in [-0.39, 0.29) is 24.5 Å². The van der Waals surface area contributed by atoms with E-state index >= 15 is 0 Å². The first kappa shape index (κ1) is 13.3. The fourth-order valence-electron chi connectivity index (χ4n) is 1.74. The Labute approximate surface area is 107 Å². The van der Waals surface area contributed by atoms with Gasteiger partial charge in [0.25, 0.3) is 0 Å². The molecule has 19 heavy (non-hydrogen) atoms. The second-order valence-electron chi connectivity index (χ2n) is 3.86. The lowest BCUT2D eigenvalue weighted by Gasteiger charge is -2.24. The fourth-order valence-corrected chi connectivity index (χ4v) is 1.74. The highest BCUT2D eigenvalue weighted by atomic mass is 19.1. The van der Waals surface area contributed by atoms with E-state index in [1.807, 2.05) is 0 Å². The Morgan fingerprint density at radius 2 is 2.26 bits per heavy atom. The highest BCUT2D eigenvalue weighted by molar-refractivity contribution is 6.04. The summed E-state index contributed by atoms with van der Waals surface area (Å²) in [6.45, 7) is 1.53. The van der Waals surface area contributed by atoms with Crippen molar-refractivity contribution >= 4 is 11.9 Å². The molecule has 0 spiro atoms. The normalized spacial score (nSPS) is 17.4. The molecule has 1 aromatic carbocycles. The number of rotatable bonds is 2. The van der Waals surface area contributed by atoms with Gasteiger partial charge >= 0.3 is 6.09 Å². The second-order valence-corrected chi connectivity index (χ2v) is 3.86. The summed E-state index contributed by atoms with van der Waals surface area (Å²) in [5.41, 5.74) is -0.231. The van der Waals surface area contributed by atoms with Crippen LogP contribution in [0.15, 0.2) is 12.1 Å². The van der Waals surface area contributed by atoms with Crippen LogP contribution in [-0.4, -0.2) is 31.1 Å². The lowest BCUT2D eigenvalue weighted by atomic mass is 10.0. The SMILES string of the molecule is CCOC(=O)N[C@@H]1COc2c(F)cc(F)cc2C1=O. The minimum atomic E-state index is -1.02.